The molecule has 3 rings (SSSR count). The Morgan fingerprint density at radius 2 is 2.04 bits per heavy atom. The fourth-order valence-electron chi connectivity index (χ4n) is 2.59. The van der Waals surface area contributed by atoms with Crippen molar-refractivity contribution in [3.8, 4) is 0 Å². The summed E-state index contributed by atoms with van der Waals surface area (Å²) in [7, 11) is 0. The maximum Gasteiger partial charge on any atom is 0.273 e. The number of rotatable bonds is 7. The predicted octanol–water partition coefficient (Wildman–Crippen LogP) is 2.35. The summed E-state index contributed by atoms with van der Waals surface area (Å²) in [5.74, 6) is -0.552. The molecule has 0 saturated heterocycles. The average Bonchev–Trinajstić information content (AvgIpc) is 3.28. The molecule has 1 amide bonds. The van der Waals surface area contributed by atoms with Crippen LogP contribution in [0.25, 0.3) is 0 Å². The van der Waals surface area contributed by atoms with Gasteiger partial charge in [-0.2, -0.15) is 5.10 Å². The summed E-state index contributed by atoms with van der Waals surface area (Å²) in [5, 5.41) is 15.1. The fourth-order valence-corrected chi connectivity index (χ4v) is 2.59. The van der Waals surface area contributed by atoms with Crippen LogP contribution in [0.1, 0.15) is 41.1 Å². The molecule has 0 aliphatic rings. The van der Waals surface area contributed by atoms with Gasteiger partial charge in [0.05, 0.1) is 17.9 Å². The van der Waals surface area contributed by atoms with Crippen molar-refractivity contribution in [2.75, 3.05) is 6.54 Å². The van der Waals surface area contributed by atoms with Gasteiger partial charge in [-0.3, -0.25) is 9.48 Å². The lowest BCUT2D eigenvalue weighted by atomic mass is 10.1. The third-order valence-corrected chi connectivity index (χ3v) is 4.12. The number of carbonyl (C=O) groups is 1. The lowest BCUT2D eigenvalue weighted by Gasteiger charge is -2.11. The van der Waals surface area contributed by atoms with Crippen molar-refractivity contribution in [1.29, 1.82) is 0 Å². The lowest BCUT2D eigenvalue weighted by molar-refractivity contribution is 0.0947. The quantitative estimate of drug-likeness (QED) is 0.659. The van der Waals surface area contributed by atoms with Gasteiger partial charge in [0, 0.05) is 19.3 Å². The number of hydrogen-bond donors (Lipinski definition) is 1. The van der Waals surface area contributed by atoms with Crippen molar-refractivity contribution in [2.24, 2.45) is 0 Å². The fraction of sp³-hybridized carbons (Fsp3) is 0.333. The molecule has 0 radical (unpaired) electrons. The van der Waals surface area contributed by atoms with E-state index < -0.39 is 0 Å². The highest BCUT2D eigenvalue weighted by atomic mass is 19.1. The molecule has 0 unspecified atom stereocenters. The van der Waals surface area contributed by atoms with Crippen LogP contribution >= 0.6 is 0 Å². The Morgan fingerprint density at radius 3 is 2.73 bits per heavy atom. The van der Waals surface area contributed by atoms with Gasteiger partial charge in [0.25, 0.3) is 5.91 Å². The number of benzene rings is 1. The first-order valence-electron chi connectivity index (χ1n) is 8.48. The molecule has 0 spiro atoms. The van der Waals surface area contributed by atoms with Gasteiger partial charge < -0.3 is 5.32 Å². The third-order valence-electron chi connectivity index (χ3n) is 4.12. The molecular weight excluding hydrogens is 335 g/mol. The smallest absolute Gasteiger partial charge is 0.273 e. The Balaban J connectivity index is 1.51. The number of carbonyl (C=O) groups excluding carboxylic acids is 1. The second-order valence-electron chi connectivity index (χ2n) is 6.14. The van der Waals surface area contributed by atoms with E-state index in [9.17, 15) is 9.18 Å². The highest BCUT2D eigenvalue weighted by Crippen LogP contribution is 2.17. The van der Waals surface area contributed by atoms with E-state index in [2.05, 4.69) is 20.7 Å². The van der Waals surface area contributed by atoms with E-state index in [-0.39, 0.29) is 23.5 Å². The van der Waals surface area contributed by atoms with Gasteiger partial charge >= 0.3 is 0 Å². The van der Waals surface area contributed by atoms with E-state index in [1.807, 2.05) is 30.8 Å². The first-order valence-corrected chi connectivity index (χ1v) is 8.48. The Labute approximate surface area is 150 Å². The largest absolute Gasteiger partial charge is 0.351 e. The summed E-state index contributed by atoms with van der Waals surface area (Å²) in [5.41, 5.74) is 2.12. The summed E-state index contributed by atoms with van der Waals surface area (Å²) in [4.78, 5) is 12.2. The van der Waals surface area contributed by atoms with E-state index in [1.54, 1.807) is 23.0 Å². The molecule has 26 heavy (non-hydrogen) atoms. The number of aromatic nitrogens is 5. The maximum atomic E-state index is 13.0. The van der Waals surface area contributed by atoms with Gasteiger partial charge in [-0.15, -0.1) is 5.10 Å². The number of amides is 1. The Morgan fingerprint density at radius 1 is 1.27 bits per heavy atom. The van der Waals surface area contributed by atoms with E-state index in [0.29, 0.717) is 6.54 Å². The van der Waals surface area contributed by atoms with E-state index in [4.69, 9.17) is 0 Å². The van der Waals surface area contributed by atoms with Crippen LogP contribution in [0.2, 0.25) is 0 Å². The zero-order chi connectivity index (χ0) is 18.5. The minimum atomic E-state index is -0.287. The second kappa shape index (κ2) is 7.90. The molecule has 3 aromatic rings. The first kappa shape index (κ1) is 17.8. The van der Waals surface area contributed by atoms with Gasteiger partial charge in [0.1, 0.15) is 5.82 Å². The number of nitrogens with one attached hydrogen (secondary N) is 1. The predicted molar refractivity (Wildman–Crippen MR) is 94.1 cm³/mol. The van der Waals surface area contributed by atoms with Crippen LogP contribution in [0.3, 0.4) is 0 Å². The highest BCUT2D eigenvalue weighted by Gasteiger charge is 2.14. The van der Waals surface area contributed by atoms with Crippen LogP contribution in [0, 0.1) is 12.7 Å². The van der Waals surface area contributed by atoms with Crippen LogP contribution in [0.4, 0.5) is 4.39 Å². The molecule has 0 aliphatic heterocycles. The van der Waals surface area contributed by atoms with E-state index in [1.165, 1.54) is 12.1 Å². The summed E-state index contributed by atoms with van der Waals surface area (Å²) in [6, 6.07) is 7.98. The van der Waals surface area contributed by atoms with Crippen molar-refractivity contribution in [1.82, 2.24) is 30.1 Å². The van der Waals surface area contributed by atoms with Crippen LogP contribution in [-0.4, -0.2) is 37.2 Å². The minimum absolute atomic E-state index is 0.146. The SMILES string of the molecule is Cc1ccn(CCCNC(=O)c2cn([C@H](C)c3ccc(F)cc3)nn2)n1. The molecule has 1 atom stereocenters. The van der Waals surface area contributed by atoms with Crippen molar-refractivity contribution in [3.63, 3.8) is 0 Å². The van der Waals surface area contributed by atoms with Crippen molar-refractivity contribution in [3.05, 3.63) is 65.5 Å². The Hall–Kier alpha value is -3.03. The molecule has 2 heterocycles. The molecule has 0 saturated carbocycles. The van der Waals surface area contributed by atoms with Crippen LogP contribution in [0.5, 0.6) is 0 Å². The minimum Gasteiger partial charge on any atom is -0.351 e. The molecule has 8 heteroatoms. The normalized spacial score (nSPS) is 12.1. The molecular formula is C18H21FN6O. The van der Waals surface area contributed by atoms with Gasteiger partial charge in [-0.1, -0.05) is 17.3 Å². The van der Waals surface area contributed by atoms with E-state index in [0.717, 1.165) is 24.2 Å². The lowest BCUT2D eigenvalue weighted by Crippen LogP contribution is -2.25. The summed E-state index contributed by atoms with van der Waals surface area (Å²) < 4.78 is 16.5. The Bertz CT molecular complexity index is 870. The molecule has 0 aliphatic carbocycles. The number of halogens is 1. The average molecular weight is 356 g/mol. The maximum absolute atomic E-state index is 13.0. The van der Waals surface area contributed by atoms with Crippen molar-refractivity contribution in [2.45, 2.75) is 32.9 Å². The molecule has 0 fully saturated rings. The molecule has 2 aromatic heterocycles. The van der Waals surface area contributed by atoms with Gasteiger partial charge in [-0.05, 0) is 44.0 Å². The van der Waals surface area contributed by atoms with Gasteiger partial charge in [0.15, 0.2) is 5.69 Å². The van der Waals surface area contributed by atoms with Gasteiger partial charge in [-0.25, -0.2) is 9.07 Å². The molecule has 7 nitrogen and oxygen atoms in total. The summed E-state index contributed by atoms with van der Waals surface area (Å²) in [6.07, 6.45) is 4.28. The number of hydrogen-bond acceptors (Lipinski definition) is 4. The first-order chi connectivity index (χ1) is 12.5. The second-order valence-corrected chi connectivity index (χ2v) is 6.14. The highest BCUT2D eigenvalue weighted by molar-refractivity contribution is 5.91. The monoisotopic (exact) mass is 356 g/mol. The zero-order valence-corrected chi connectivity index (χ0v) is 14.8. The topological polar surface area (TPSA) is 77.6 Å². The molecule has 1 N–H and O–H groups in total. The van der Waals surface area contributed by atoms with Crippen LogP contribution in [0.15, 0.2) is 42.7 Å². The van der Waals surface area contributed by atoms with Crippen LogP contribution < -0.4 is 5.32 Å². The zero-order valence-electron chi connectivity index (χ0n) is 14.8. The molecule has 1 aromatic carbocycles. The number of aryl methyl sites for hydroxylation is 2. The van der Waals surface area contributed by atoms with Gasteiger partial charge in [0.2, 0.25) is 0 Å². The summed E-state index contributed by atoms with van der Waals surface area (Å²) >= 11 is 0. The van der Waals surface area contributed by atoms with Crippen LogP contribution in [-0.2, 0) is 6.54 Å². The third kappa shape index (κ3) is 4.33. The number of nitrogens with zero attached hydrogens (tertiary/aromatic N) is 5. The van der Waals surface area contributed by atoms with Crippen molar-refractivity contribution < 1.29 is 9.18 Å². The molecule has 0 bridgehead atoms. The summed E-state index contributed by atoms with van der Waals surface area (Å²) in [6.45, 7) is 5.12. The van der Waals surface area contributed by atoms with E-state index >= 15 is 0 Å². The Kier molecular flexibility index (Phi) is 5.40. The molecule has 136 valence electrons. The standard InChI is InChI=1S/C18H21FN6O/c1-13-8-11-24(22-13)10-3-9-20-18(26)17-12-25(23-21-17)14(2)15-4-6-16(19)7-5-15/h4-8,11-12,14H,3,9-10H2,1-2H3,(H,20,26)/t14-/m1/s1. The van der Waals surface area contributed by atoms with Crippen molar-refractivity contribution >= 4 is 5.91 Å².